The van der Waals surface area contributed by atoms with Crippen LogP contribution in [-0.2, 0) is 19.1 Å². The van der Waals surface area contributed by atoms with Gasteiger partial charge in [-0.2, -0.15) is 13.2 Å². The molecule has 4 rings (SSSR count). The van der Waals surface area contributed by atoms with Gasteiger partial charge in [-0.25, -0.2) is 4.98 Å². The largest absolute Gasteiger partial charge is 0.416 e. The van der Waals surface area contributed by atoms with Crippen LogP contribution in [0.15, 0.2) is 55.0 Å². The molecule has 8 heteroatoms. The van der Waals surface area contributed by atoms with Crippen molar-refractivity contribution < 1.29 is 18.0 Å². The molecule has 0 radical (unpaired) electrons. The summed E-state index contributed by atoms with van der Waals surface area (Å²) in [7, 11) is 0. The van der Waals surface area contributed by atoms with Gasteiger partial charge in [0.05, 0.1) is 11.9 Å². The second kappa shape index (κ2) is 7.62. The van der Waals surface area contributed by atoms with E-state index < -0.39 is 11.7 Å². The van der Waals surface area contributed by atoms with Crippen molar-refractivity contribution in [2.24, 2.45) is 0 Å². The first-order valence-electron chi connectivity index (χ1n) is 9.24. The summed E-state index contributed by atoms with van der Waals surface area (Å²) in [4.78, 5) is 16.6. The van der Waals surface area contributed by atoms with Gasteiger partial charge >= 0.3 is 6.18 Å². The number of amides is 1. The van der Waals surface area contributed by atoms with Gasteiger partial charge in [0.1, 0.15) is 0 Å². The van der Waals surface area contributed by atoms with E-state index in [0.29, 0.717) is 16.9 Å². The van der Waals surface area contributed by atoms with E-state index in [1.165, 1.54) is 12.4 Å². The van der Waals surface area contributed by atoms with E-state index in [4.69, 9.17) is 0 Å². The molecule has 2 aromatic carbocycles. The van der Waals surface area contributed by atoms with E-state index in [-0.39, 0.29) is 12.5 Å². The molecular weight excluding hydrogens is 381 g/mol. The zero-order valence-corrected chi connectivity index (χ0v) is 15.5. The summed E-state index contributed by atoms with van der Waals surface area (Å²) in [5, 5.41) is 6.04. The third kappa shape index (κ3) is 4.42. The number of carbonyl (C=O) groups excluding carboxylic acids is 1. The first-order chi connectivity index (χ1) is 13.9. The topological polar surface area (TPSA) is 59.0 Å². The van der Waals surface area contributed by atoms with Gasteiger partial charge in [0.2, 0.25) is 0 Å². The minimum atomic E-state index is -4.38. The number of aryl methyl sites for hydroxylation is 1. The maximum Gasteiger partial charge on any atom is 0.416 e. The number of anilines is 2. The molecule has 2 N–H and O–H groups in total. The number of benzene rings is 2. The summed E-state index contributed by atoms with van der Waals surface area (Å²) in [6.07, 6.45) is 0.645. The van der Waals surface area contributed by atoms with E-state index in [1.807, 2.05) is 12.1 Å². The van der Waals surface area contributed by atoms with Crippen molar-refractivity contribution in [2.75, 3.05) is 17.2 Å². The molecule has 1 amide bonds. The number of halogens is 3. The number of carbonyl (C=O) groups is 1. The molecule has 1 aromatic heterocycles. The van der Waals surface area contributed by atoms with Crippen LogP contribution in [0.3, 0.4) is 0 Å². The van der Waals surface area contributed by atoms with Crippen molar-refractivity contribution in [2.45, 2.75) is 25.6 Å². The number of rotatable bonds is 4. The molecule has 0 spiro atoms. The number of hydrogen-bond donors (Lipinski definition) is 2. The lowest BCUT2D eigenvalue weighted by atomic mass is 10.0. The summed E-state index contributed by atoms with van der Waals surface area (Å²) < 4.78 is 40.2. The molecule has 2 heterocycles. The van der Waals surface area contributed by atoms with Gasteiger partial charge in [-0.1, -0.05) is 12.1 Å². The van der Waals surface area contributed by atoms with Crippen LogP contribution in [0.1, 0.15) is 33.5 Å². The summed E-state index contributed by atoms with van der Waals surface area (Å²) in [5.74, 6) is 0.0699. The summed E-state index contributed by atoms with van der Waals surface area (Å²) >= 11 is 0. The molecule has 5 nitrogen and oxygen atoms in total. The third-order valence-electron chi connectivity index (χ3n) is 4.80. The minimum absolute atomic E-state index is 0.220. The quantitative estimate of drug-likeness (QED) is 0.675. The average molecular weight is 400 g/mol. The molecule has 0 saturated carbocycles. The highest BCUT2D eigenvalue weighted by Gasteiger charge is 2.30. The molecule has 1 aliphatic heterocycles. The fourth-order valence-electron chi connectivity index (χ4n) is 3.37. The number of fused-ring (bicyclic) bond motifs is 1. The van der Waals surface area contributed by atoms with Crippen molar-refractivity contribution in [3.63, 3.8) is 0 Å². The maximum absolute atomic E-state index is 12.9. The Kier molecular flexibility index (Phi) is 5.00. The molecule has 0 bridgehead atoms. The third-order valence-corrected chi connectivity index (χ3v) is 4.80. The molecule has 3 aromatic rings. The SMILES string of the molecule is O=C(Nc1cn(Cc2cccc(C(F)(F)F)c2)cn1)c1ccc2c(c1)CCCN2. The number of nitrogens with one attached hydrogen (secondary N) is 2. The van der Waals surface area contributed by atoms with Crippen molar-refractivity contribution in [3.8, 4) is 0 Å². The van der Waals surface area contributed by atoms with Gasteiger partial charge in [-0.3, -0.25) is 4.79 Å². The Balaban J connectivity index is 1.44. The number of imidazole rings is 1. The Hall–Kier alpha value is -3.29. The van der Waals surface area contributed by atoms with Crippen molar-refractivity contribution >= 4 is 17.4 Å². The molecule has 0 aliphatic carbocycles. The minimum Gasteiger partial charge on any atom is -0.385 e. The molecule has 0 unspecified atom stereocenters. The van der Waals surface area contributed by atoms with Gasteiger partial charge in [0, 0.05) is 30.5 Å². The van der Waals surface area contributed by atoms with Crippen molar-refractivity contribution in [3.05, 3.63) is 77.2 Å². The first kappa shape index (κ1) is 19.0. The average Bonchev–Trinajstić information content (AvgIpc) is 3.13. The highest BCUT2D eigenvalue weighted by atomic mass is 19.4. The lowest BCUT2D eigenvalue weighted by Gasteiger charge is -2.18. The molecular formula is C21H19F3N4O. The van der Waals surface area contributed by atoms with E-state index in [0.717, 1.165) is 42.8 Å². The molecule has 0 atom stereocenters. The van der Waals surface area contributed by atoms with Crippen molar-refractivity contribution in [1.82, 2.24) is 9.55 Å². The predicted octanol–water partition coefficient (Wildman–Crippen LogP) is 4.56. The monoisotopic (exact) mass is 400 g/mol. The molecule has 1 aliphatic rings. The number of hydrogen-bond acceptors (Lipinski definition) is 3. The van der Waals surface area contributed by atoms with Gasteiger partial charge in [-0.05, 0) is 54.3 Å². The lowest BCUT2D eigenvalue weighted by Crippen LogP contribution is -2.15. The highest BCUT2D eigenvalue weighted by molar-refractivity contribution is 6.04. The van der Waals surface area contributed by atoms with Crippen LogP contribution in [0.5, 0.6) is 0 Å². The first-order valence-corrected chi connectivity index (χ1v) is 9.24. The smallest absolute Gasteiger partial charge is 0.385 e. The zero-order chi connectivity index (χ0) is 20.4. The van der Waals surface area contributed by atoms with Crippen LogP contribution >= 0.6 is 0 Å². The van der Waals surface area contributed by atoms with E-state index in [9.17, 15) is 18.0 Å². The van der Waals surface area contributed by atoms with Crippen molar-refractivity contribution in [1.29, 1.82) is 0 Å². The van der Waals surface area contributed by atoms with Crippen LogP contribution in [0, 0.1) is 0 Å². The summed E-state index contributed by atoms with van der Waals surface area (Å²) in [5.41, 5.74) is 2.51. The summed E-state index contributed by atoms with van der Waals surface area (Å²) in [6, 6.07) is 10.7. The second-order valence-corrected chi connectivity index (χ2v) is 6.99. The fraction of sp³-hybridized carbons (Fsp3) is 0.238. The zero-order valence-electron chi connectivity index (χ0n) is 15.5. The maximum atomic E-state index is 12.9. The number of aromatic nitrogens is 2. The summed E-state index contributed by atoms with van der Waals surface area (Å²) in [6.45, 7) is 1.15. The Morgan fingerprint density at radius 1 is 1.21 bits per heavy atom. The van der Waals surface area contributed by atoms with Gasteiger partial charge < -0.3 is 15.2 Å². The number of nitrogens with zero attached hydrogens (tertiary/aromatic N) is 2. The molecule has 150 valence electrons. The van der Waals surface area contributed by atoms with Crippen LogP contribution in [0.2, 0.25) is 0 Å². The van der Waals surface area contributed by atoms with Crippen LogP contribution in [0.4, 0.5) is 24.7 Å². The molecule has 29 heavy (non-hydrogen) atoms. The highest BCUT2D eigenvalue weighted by Crippen LogP contribution is 2.29. The van der Waals surface area contributed by atoms with Gasteiger partial charge in [0.15, 0.2) is 5.82 Å². The van der Waals surface area contributed by atoms with Gasteiger partial charge in [0.25, 0.3) is 5.91 Å². The standard InChI is InChI=1S/C21H19F3N4O/c22-21(23,24)17-5-1-3-14(9-17)11-28-12-19(26-13-28)27-20(29)16-6-7-18-15(10-16)4-2-8-25-18/h1,3,5-7,9-10,12-13,25H,2,4,8,11H2,(H,27,29). The van der Waals surface area contributed by atoms with Gasteiger partial charge in [-0.15, -0.1) is 0 Å². The second-order valence-electron chi connectivity index (χ2n) is 6.99. The molecule has 0 fully saturated rings. The molecule has 0 saturated heterocycles. The Bertz CT molecular complexity index is 1040. The van der Waals surface area contributed by atoms with Crippen LogP contribution < -0.4 is 10.6 Å². The van der Waals surface area contributed by atoms with E-state index >= 15 is 0 Å². The van der Waals surface area contributed by atoms with Crippen LogP contribution in [-0.4, -0.2) is 22.0 Å². The van der Waals surface area contributed by atoms with E-state index in [1.54, 1.807) is 22.9 Å². The van der Waals surface area contributed by atoms with E-state index in [2.05, 4.69) is 15.6 Å². The normalized spacial score (nSPS) is 13.5. The Labute approximate surface area is 165 Å². The fourth-order valence-corrected chi connectivity index (χ4v) is 3.37. The van der Waals surface area contributed by atoms with Crippen LogP contribution in [0.25, 0.3) is 0 Å². The lowest BCUT2D eigenvalue weighted by molar-refractivity contribution is -0.137. The number of alkyl halides is 3. The Morgan fingerprint density at radius 2 is 2.07 bits per heavy atom. The Morgan fingerprint density at radius 3 is 2.90 bits per heavy atom. The predicted molar refractivity (Wildman–Crippen MR) is 104 cm³/mol.